The Bertz CT molecular complexity index is 348. The van der Waals surface area contributed by atoms with E-state index in [1.54, 1.807) is 0 Å². The molecule has 0 saturated carbocycles. The van der Waals surface area contributed by atoms with Crippen LogP contribution in [-0.2, 0) is 33.3 Å². The standard InChI is InChI=1S/C13H23NO9/c15-11(9-23-10-13(18)19)14-2-4-21-6-8-22-7-5-20-3-1-12(16)17/h1-10H2,(H,14,15)(H,16,17)(H,18,19). The van der Waals surface area contributed by atoms with Crippen molar-refractivity contribution in [2.24, 2.45) is 0 Å². The zero-order valence-corrected chi connectivity index (χ0v) is 12.8. The molecule has 0 fully saturated rings. The van der Waals surface area contributed by atoms with Crippen LogP contribution in [0.2, 0.25) is 0 Å². The summed E-state index contributed by atoms with van der Waals surface area (Å²) in [5.74, 6) is -2.45. The molecule has 10 nitrogen and oxygen atoms in total. The van der Waals surface area contributed by atoms with Gasteiger partial charge in [0.05, 0.1) is 46.1 Å². The first kappa shape index (κ1) is 21.2. The molecule has 0 bridgehead atoms. The molecule has 0 aromatic heterocycles. The number of rotatable bonds is 16. The highest BCUT2D eigenvalue weighted by Gasteiger charge is 2.02. The number of carbonyl (C=O) groups is 3. The van der Waals surface area contributed by atoms with Gasteiger partial charge in [-0.3, -0.25) is 9.59 Å². The zero-order chi connectivity index (χ0) is 17.3. The van der Waals surface area contributed by atoms with E-state index in [0.29, 0.717) is 33.0 Å². The van der Waals surface area contributed by atoms with Crippen molar-refractivity contribution in [3.05, 3.63) is 0 Å². The summed E-state index contributed by atoms with van der Waals surface area (Å²) in [5.41, 5.74) is 0. The van der Waals surface area contributed by atoms with Gasteiger partial charge in [-0.1, -0.05) is 0 Å². The first-order valence-electron chi connectivity index (χ1n) is 7.03. The van der Waals surface area contributed by atoms with Gasteiger partial charge in [-0.15, -0.1) is 0 Å². The fraction of sp³-hybridized carbons (Fsp3) is 0.769. The van der Waals surface area contributed by atoms with Crippen LogP contribution in [0.5, 0.6) is 0 Å². The lowest BCUT2D eigenvalue weighted by atomic mass is 10.5. The lowest BCUT2D eigenvalue weighted by Gasteiger charge is -2.07. The Hall–Kier alpha value is -1.75. The minimum absolute atomic E-state index is 0.0316. The predicted octanol–water partition coefficient (Wildman–Crippen LogP) is -1.27. The van der Waals surface area contributed by atoms with Gasteiger partial charge in [0.1, 0.15) is 13.2 Å². The van der Waals surface area contributed by atoms with Gasteiger partial charge in [0.15, 0.2) is 0 Å². The van der Waals surface area contributed by atoms with E-state index in [4.69, 9.17) is 24.4 Å². The topological polar surface area (TPSA) is 141 Å². The SMILES string of the molecule is O=C(O)CCOCCOCCOCCNC(=O)COCC(=O)O. The van der Waals surface area contributed by atoms with E-state index in [1.165, 1.54) is 0 Å². The number of aliphatic carboxylic acids is 2. The first-order chi connectivity index (χ1) is 11.0. The molecule has 10 heteroatoms. The first-order valence-corrected chi connectivity index (χ1v) is 7.03. The van der Waals surface area contributed by atoms with Crippen molar-refractivity contribution < 1.29 is 43.5 Å². The monoisotopic (exact) mass is 337 g/mol. The number of carboxylic acid groups (broad SMARTS) is 2. The maximum atomic E-state index is 11.2. The quantitative estimate of drug-likeness (QED) is 0.294. The van der Waals surface area contributed by atoms with Crippen LogP contribution in [-0.4, -0.2) is 87.5 Å². The van der Waals surface area contributed by atoms with Crippen molar-refractivity contribution in [1.82, 2.24) is 5.32 Å². The van der Waals surface area contributed by atoms with Gasteiger partial charge >= 0.3 is 11.9 Å². The molecule has 23 heavy (non-hydrogen) atoms. The third-order valence-corrected chi connectivity index (χ3v) is 2.23. The largest absolute Gasteiger partial charge is 0.481 e. The van der Waals surface area contributed by atoms with Crippen molar-refractivity contribution in [2.45, 2.75) is 6.42 Å². The molecule has 134 valence electrons. The zero-order valence-electron chi connectivity index (χ0n) is 12.8. The molecule has 0 unspecified atom stereocenters. The van der Waals surface area contributed by atoms with Gasteiger partial charge in [0.25, 0.3) is 0 Å². The summed E-state index contributed by atoms with van der Waals surface area (Å²) in [6.07, 6.45) is -0.0316. The maximum Gasteiger partial charge on any atom is 0.329 e. The van der Waals surface area contributed by atoms with Crippen LogP contribution in [0.3, 0.4) is 0 Å². The summed E-state index contributed by atoms with van der Waals surface area (Å²) < 4.78 is 20.0. The van der Waals surface area contributed by atoms with E-state index in [0.717, 1.165) is 0 Å². The highest BCUT2D eigenvalue weighted by molar-refractivity contribution is 5.77. The Morgan fingerprint density at radius 1 is 0.696 bits per heavy atom. The summed E-state index contributed by atoms with van der Waals surface area (Å²) in [6, 6.07) is 0. The molecule has 0 saturated heterocycles. The van der Waals surface area contributed by atoms with Crippen LogP contribution >= 0.6 is 0 Å². The number of carbonyl (C=O) groups excluding carboxylic acids is 1. The summed E-state index contributed by atoms with van der Waals surface area (Å²) in [4.78, 5) is 31.5. The summed E-state index contributed by atoms with van der Waals surface area (Å²) >= 11 is 0. The van der Waals surface area contributed by atoms with E-state index in [2.05, 4.69) is 10.1 Å². The minimum atomic E-state index is -1.13. The number of hydrogen-bond donors (Lipinski definition) is 3. The van der Waals surface area contributed by atoms with Crippen molar-refractivity contribution in [2.75, 3.05) is 59.4 Å². The molecule has 0 rings (SSSR count). The third kappa shape index (κ3) is 18.2. The average Bonchev–Trinajstić information content (AvgIpc) is 2.47. The smallest absolute Gasteiger partial charge is 0.329 e. The maximum absolute atomic E-state index is 11.2. The average molecular weight is 337 g/mol. The van der Waals surface area contributed by atoms with Crippen LogP contribution in [0.15, 0.2) is 0 Å². The molecule has 0 aromatic carbocycles. The molecular formula is C13H23NO9. The van der Waals surface area contributed by atoms with Crippen molar-refractivity contribution in [3.63, 3.8) is 0 Å². The second kappa shape index (κ2) is 15.2. The summed E-state index contributed by atoms with van der Waals surface area (Å²) in [7, 11) is 0. The number of ether oxygens (including phenoxy) is 4. The lowest BCUT2D eigenvalue weighted by molar-refractivity contribution is -0.143. The number of hydrogen-bond acceptors (Lipinski definition) is 7. The second-order valence-electron chi connectivity index (χ2n) is 4.22. The van der Waals surface area contributed by atoms with Crippen molar-refractivity contribution in [3.8, 4) is 0 Å². The van der Waals surface area contributed by atoms with Gasteiger partial charge in [-0.05, 0) is 0 Å². The van der Waals surface area contributed by atoms with Gasteiger partial charge in [0.2, 0.25) is 5.91 Å². The summed E-state index contributed by atoms with van der Waals surface area (Å²) in [6.45, 7) is 1.29. The van der Waals surface area contributed by atoms with Crippen molar-refractivity contribution >= 4 is 17.8 Å². The van der Waals surface area contributed by atoms with E-state index in [9.17, 15) is 14.4 Å². The molecule has 0 aliphatic carbocycles. The number of amides is 1. The van der Waals surface area contributed by atoms with E-state index >= 15 is 0 Å². The van der Waals surface area contributed by atoms with Crippen LogP contribution in [0, 0.1) is 0 Å². The third-order valence-electron chi connectivity index (χ3n) is 2.23. The number of nitrogens with one attached hydrogen (secondary N) is 1. The van der Waals surface area contributed by atoms with Crippen molar-refractivity contribution in [1.29, 1.82) is 0 Å². The van der Waals surface area contributed by atoms with Gasteiger partial charge in [0, 0.05) is 6.54 Å². The fourth-order valence-corrected chi connectivity index (χ4v) is 1.25. The Morgan fingerprint density at radius 2 is 1.26 bits per heavy atom. The summed E-state index contributed by atoms with van der Waals surface area (Å²) in [5, 5.41) is 19.2. The van der Waals surface area contributed by atoms with E-state index in [-0.39, 0.29) is 26.2 Å². The Labute approximate surface area is 133 Å². The van der Waals surface area contributed by atoms with Crippen LogP contribution in [0.25, 0.3) is 0 Å². The normalized spacial score (nSPS) is 10.4. The molecular weight excluding hydrogens is 314 g/mol. The molecule has 1 amide bonds. The molecule has 0 aliphatic rings. The van der Waals surface area contributed by atoms with E-state index in [1.807, 2.05) is 0 Å². The molecule has 0 aromatic rings. The molecule has 0 spiro atoms. The van der Waals surface area contributed by atoms with Gasteiger partial charge < -0.3 is 34.5 Å². The molecule has 3 N–H and O–H groups in total. The highest BCUT2D eigenvalue weighted by atomic mass is 16.5. The Morgan fingerprint density at radius 3 is 1.83 bits per heavy atom. The molecule has 0 radical (unpaired) electrons. The fourth-order valence-electron chi connectivity index (χ4n) is 1.25. The van der Waals surface area contributed by atoms with Gasteiger partial charge in [-0.25, -0.2) is 4.79 Å². The highest BCUT2D eigenvalue weighted by Crippen LogP contribution is 1.84. The van der Waals surface area contributed by atoms with Crippen LogP contribution < -0.4 is 5.32 Å². The number of carboxylic acids is 2. The predicted molar refractivity (Wildman–Crippen MR) is 76.2 cm³/mol. The Kier molecular flexibility index (Phi) is 14.0. The second-order valence-corrected chi connectivity index (χ2v) is 4.22. The van der Waals surface area contributed by atoms with Gasteiger partial charge in [-0.2, -0.15) is 0 Å². The van der Waals surface area contributed by atoms with E-state index < -0.39 is 24.5 Å². The van der Waals surface area contributed by atoms with Crippen LogP contribution in [0.4, 0.5) is 0 Å². The molecule has 0 atom stereocenters. The molecule has 0 aliphatic heterocycles. The Balaban J connectivity index is 3.17. The van der Waals surface area contributed by atoms with Crippen LogP contribution in [0.1, 0.15) is 6.42 Å². The minimum Gasteiger partial charge on any atom is -0.481 e. The lowest BCUT2D eigenvalue weighted by Crippen LogP contribution is -2.31. The molecule has 0 heterocycles.